The fraction of sp³-hybridized carbons (Fsp3) is 0.571. The molecule has 0 bridgehead atoms. The molecule has 1 N–H and O–H groups in total. The molecule has 1 atom stereocenters. The van der Waals surface area contributed by atoms with Crippen LogP contribution in [0.2, 0.25) is 0 Å². The van der Waals surface area contributed by atoms with E-state index in [1.165, 1.54) is 0 Å². The maximum absolute atomic E-state index is 5.82. The summed E-state index contributed by atoms with van der Waals surface area (Å²) in [5.41, 5.74) is 0. The second-order valence-electron chi connectivity index (χ2n) is 4.33. The molecular formula is C14H23NO2. The van der Waals surface area contributed by atoms with Crippen molar-refractivity contribution in [1.82, 2.24) is 5.32 Å². The number of benzene rings is 1. The summed E-state index contributed by atoms with van der Waals surface area (Å²) in [6, 6.07) is 8.14. The molecular weight excluding hydrogens is 214 g/mol. The molecule has 0 aromatic heterocycles. The van der Waals surface area contributed by atoms with Crippen molar-refractivity contribution < 1.29 is 9.47 Å². The monoisotopic (exact) mass is 237 g/mol. The van der Waals surface area contributed by atoms with Crippen molar-refractivity contribution >= 4 is 0 Å². The van der Waals surface area contributed by atoms with Crippen LogP contribution in [-0.4, -0.2) is 26.3 Å². The van der Waals surface area contributed by atoms with E-state index < -0.39 is 0 Å². The van der Waals surface area contributed by atoms with E-state index in [0.29, 0.717) is 25.2 Å². The highest BCUT2D eigenvalue weighted by atomic mass is 16.5. The Bertz CT molecular complexity index is 326. The first-order valence-corrected chi connectivity index (χ1v) is 6.21. The molecule has 0 heterocycles. The average Bonchev–Trinajstić information content (AvgIpc) is 2.32. The third-order valence-corrected chi connectivity index (χ3v) is 2.74. The Morgan fingerprint density at radius 1 is 1.12 bits per heavy atom. The van der Waals surface area contributed by atoms with E-state index >= 15 is 0 Å². The van der Waals surface area contributed by atoms with Gasteiger partial charge >= 0.3 is 0 Å². The van der Waals surface area contributed by atoms with Crippen LogP contribution < -0.4 is 14.8 Å². The molecule has 0 aliphatic heterocycles. The van der Waals surface area contributed by atoms with Crippen molar-refractivity contribution in [3.8, 4) is 11.5 Å². The average molecular weight is 237 g/mol. The molecule has 1 rings (SSSR count). The van der Waals surface area contributed by atoms with Gasteiger partial charge in [0.2, 0.25) is 0 Å². The summed E-state index contributed by atoms with van der Waals surface area (Å²) in [6.45, 7) is 7.64. The molecule has 17 heavy (non-hydrogen) atoms. The van der Waals surface area contributed by atoms with Gasteiger partial charge in [-0.15, -0.1) is 0 Å². The number of hydrogen-bond donors (Lipinski definition) is 1. The Morgan fingerprint density at radius 2 is 1.71 bits per heavy atom. The highest BCUT2D eigenvalue weighted by Gasteiger charge is 2.12. The summed E-state index contributed by atoms with van der Waals surface area (Å²) in [4.78, 5) is 0. The second kappa shape index (κ2) is 7.17. The minimum absolute atomic E-state index is 0.352. The van der Waals surface area contributed by atoms with Crippen molar-refractivity contribution in [2.75, 3.05) is 20.3 Å². The Morgan fingerprint density at radius 3 is 2.18 bits per heavy atom. The summed E-state index contributed by atoms with van der Waals surface area (Å²) >= 11 is 0. The zero-order chi connectivity index (χ0) is 12.7. The van der Waals surface area contributed by atoms with Crippen molar-refractivity contribution in [3.05, 3.63) is 24.3 Å². The van der Waals surface area contributed by atoms with Crippen LogP contribution in [0.25, 0.3) is 0 Å². The molecule has 0 spiro atoms. The maximum atomic E-state index is 5.82. The SMILES string of the molecule is CCOc1ccccc1OCC(NC)C(C)C. The van der Waals surface area contributed by atoms with E-state index in [-0.39, 0.29) is 0 Å². The zero-order valence-corrected chi connectivity index (χ0v) is 11.2. The lowest BCUT2D eigenvalue weighted by Crippen LogP contribution is -2.36. The molecule has 0 saturated heterocycles. The van der Waals surface area contributed by atoms with Crippen LogP contribution in [-0.2, 0) is 0 Å². The summed E-state index contributed by atoms with van der Waals surface area (Å²) in [5.74, 6) is 2.17. The van der Waals surface area contributed by atoms with E-state index in [9.17, 15) is 0 Å². The number of nitrogens with one attached hydrogen (secondary N) is 1. The number of para-hydroxylation sites is 2. The quantitative estimate of drug-likeness (QED) is 0.791. The van der Waals surface area contributed by atoms with Gasteiger partial charge in [-0.1, -0.05) is 26.0 Å². The second-order valence-corrected chi connectivity index (χ2v) is 4.33. The first-order chi connectivity index (χ1) is 8.19. The van der Waals surface area contributed by atoms with Gasteiger partial charge in [0.25, 0.3) is 0 Å². The third-order valence-electron chi connectivity index (χ3n) is 2.74. The molecule has 0 aliphatic rings. The minimum atomic E-state index is 0.352. The van der Waals surface area contributed by atoms with Crippen LogP contribution in [0.4, 0.5) is 0 Å². The van der Waals surface area contributed by atoms with Gasteiger partial charge in [0.05, 0.1) is 6.61 Å². The molecule has 1 unspecified atom stereocenters. The van der Waals surface area contributed by atoms with Gasteiger partial charge in [-0.3, -0.25) is 0 Å². The van der Waals surface area contributed by atoms with Crippen LogP contribution in [0.3, 0.4) is 0 Å². The molecule has 0 fully saturated rings. The van der Waals surface area contributed by atoms with Gasteiger partial charge in [-0.25, -0.2) is 0 Å². The van der Waals surface area contributed by atoms with Crippen molar-refractivity contribution in [2.45, 2.75) is 26.8 Å². The highest BCUT2D eigenvalue weighted by Crippen LogP contribution is 2.26. The van der Waals surface area contributed by atoms with Crippen molar-refractivity contribution in [1.29, 1.82) is 0 Å². The molecule has 0 radical (unpaired) electrons. The number of rotatable bonds is 7. The van der Waals surface area contributed by atoms with Crippen molar-refractivity contribution in [3.63, 3.8) is 0 Å². The maximum Gasteiger partial charge on any atom is 0.161 e. The zero-order valence-electron chi connectivity index (χ0n) is 11.2. The highest BCUT2D eigenvalue weighted by molar-refractivity contribution is 5.39. The third kappa shape index (κ3) is 4.27. The summed E-state index contributed by atoms with van der Waals surface area (Å²) in [7, 11) is 1.96. The standard InChI is InChI=1S/C14H23NO2/c1-5-16-13-8-6-7-9-14(13)17-10-12(15-4)11(2)3/h6-9,11-12,15H,5,10H2,1-4H3. The van der Waals surface area contributed by atoms with Gasteiger partial charge in [0.15, 0.2) is 11.5 Å². The van der Waals surface area contributed by atoms with E-state index in [4.69, 9.17) is 9.47 Å². The molecule has 3 heteroatoms. The normalized spacial score (nSPS) is 12.5. The van der Waals surface area contributed by atoms with E-state index in [1.807, 2.05) is 38.2 Å². The Balaban J connectivity index is 2.61. The van der Waals surface area contributed by atoms with Crippen LogP contribution >= 0.6 is 0 Å². The minimum Gasteiger partial charge on any atom is -0.490 e. The Kier molecular flexibility index (Phi) is 5.84. The first kappa shape index (κ1) is 13.8. The summed E-state index contributed by atoms with van der Waals surface area (Å²) in [5, 5.41) is 3.26. The van der Waals surface area contributed by atoms with Gasteiger partial charge in [-0.2, -0.15) is 0 Å². The number of hydrogen-bond acceptors (Lipinski definition) is 3. The largest absolute Gasteiger partial charge is 0.490 e. The molecule has 1 aromatic rings. The Labute approximate surface area is 104 Å². The van der Waals surface area contributed by atoms with Crippen LogP contribution in [0.1, 0.15) is 20.8 Å². The molecule has 0 amide bonds. The fourth-order valence-corrected chi connectivity index (χ4v) is 1.63. The van der Waals surface area contributed by atoms with E-state index in [0.717, 1.165) is 11.5 Å². The first-order valence-electron chi connectivity index (χ1n) is 6.21. The predicted octanol–water partition coefficient (Wildman–Crippen LogP) is 2.71. The number of likely N-dealkylation sites (N-methyl/N-ethyl adjacent to an activating group) is 1. The Hall–Kier alpha value is -1.22. The lowest BCUT2D eigenvalue weighted by Gasteiger charge is -2.21. The van der Waals surface area contributed by atoms with Crippen LogP contribution in [0.15, 0.2) is 24.3 Å². The molecule has 3 nitrogen and oxygen atoms in total. The topological polar surface area (TPSA) is 30.5 Å². The van der Waals surface area contributed by atoms with E-state index in [1.54, 1.807) is 0 Å². The molecule has 96 valence electrons. The lowest BCUT2D eigenvalue weighted by molar-refractivity contribution is 0.224. The van der Waals surface area contributed by atoms with Gasteiger partial charge < -0.3 is 14.8 Å². The van der Waals surface area contributed by atoms with Gasteiger partial charge in [0, 0.05) is 6.04 Å². The molecule has 1 aromatic carbocycles. The molecule has 0 saturated carbocycles. The summed E-state index contributed by atoms with van der Waals surface area (Å²) < 4.78 is 11.3. The smallest absolute Gasteiger partial charge is 0.161 e. The predicted molar refractivity (Wildman–Crippen MR) is 70.8 cm³/mol. The van der Waals surface area contributed by atoms with Crippen molar-refractivity contribution in [2.24, 2.45) is 5.92 Å². The van der Waals surface area contributed by atoms with Crippen LogP contribution in [0.5, 0.6) is 11.5 Å². The lowest BCUT2D eigenvalue weighted by atomic mass is 10.1. The number of ether oxygens (including phenoxy) is 2. The molecule has 0 aliphatic carbocycles. The van der Waals surface area contributed by atoms with Crippen LogP contribution in [0, 0.1) is 5.92 Å². The van der Waals surface area contributed by atoms with Gasteiger partial charge in [-0.05, 0) is 32.0 Å². The fourth-order valence-electron chi connectivity index (χ4n) is 1.63. The van der Waals surface area contributed by atoms with E-state index in [2.05, 4.69) is 19.2 Å². The van der Waals surface area contributed by atoms with Gasteiger partial charge in [0.1, 0.15) is 6.61 Å². The summed E-state index contributed by atoms with van der Waals surface area (Å²) in [6.07, 6.45) is 0.